The molecule has 0 aliphatic carbocycles. The van der Waals surface area contributed by atoms with Gasteiger partial charge >= 0.3 is 0 Å². The van der Waals surface area contributed by atoms with Gasteiger partial charge in [-0.05, 0) is 41.8 Å². The predicted octanol–water partition coefficient (Wildman–Crippen LogP) is 4.59. The van der Waals surface area contributed by atoms with Crippen molar-refractivity contribution in [3.05, 3.63) is 64.8 Å². The minimum Gasteiger partial charge on any atom is -0.493 e. The minimum absolute atomic E-state index is 0.0730. The Balaban J connectivity index is 1.72. The summed E-state index contributed by atoms with van der Waals surface area (Å²) in [5.74, 6) is 0.494. The number of rotatable bonds is 10. The standard InChI is InChI=1S/C25H26N4O3S/c1-4-11-32-23-10-9-18-7-5-6-8-20(18)22(23)14-27-29-24(30)16-33-25-21(13-26)19(15-31-3)12-17(2)28-25/h5-10,12,14H,4,11,15-16H2,1-3H3,(H,29,30)/b27-14+. The zero-order valence-corrected chi connectivity index (χ0v) is 19.7. The molecule has 33 heavy (non-hydrogen) atoms. The highest BCUT2D eigenvalue weighted by atomic mass is 32.2. The van der Waals surface area contributed by atoms with Crippen molar-refractivity contribution in [1.82, 2.24) is 10.4 Å². The second kappa shape index (κ2) is 12.0. The van der Waals surface area contributed by atoms with Crippen LogP contribution in [0, 0.1) is 18.3 Å². The van der Waals surface area contributed by atoms with E-state index in [-0.39, 0.29) is 11.7 Å². The second-order valence-corrected chi connectivity index (χ2v) is 8.24. The molecule has 0 spiro atoms. The van der Waals surface area contributed by atoms with Crippen molar-refractivity contribution in [3.63, 3.8) is 0 Å². The molecule has 8 heteroatoms. The van der Waals surface area contributed by atoms with Gasteiger partial charge in [-0.1, -0.05) is 49.0 Å². The van der Waals surface area contributed by atoms with E-state index >= 15 is 0 Å². The predicted molar refractivity (Wildman–Crippen MR) is 131 cm³/mol. The number of aromatic nitrogens is 1. The van der Waals surface area contributed by atoms with Crippen molar-refractivity contribution in [2.75, 3.05) is 19.5 Å². The number of hydrogen-bond acceptors (Lipinski definition) is 7. The largest absolute Gasteiger partial charge is 0.493 e. The molecule has 1 aromatic heterocycles. The topological polar surface area (TPSA) is 96.6 Å². The number of pyridine rings is 1. The van der Waals surface area contributed by atoms with Crippen molar-refractivity contribution in [3.8, 4) is 11.8 Å². The number of nitrogens with zero attached hydrogens (tertiary/aromatic N) is 3. The van der Waals surface area contributed by atoms with Gasteiger partial charge in [0, 0.05) is 18.4 Å². The van der Waals surface area contributed by atoms with Gasteiger partial charge in [-0.15, -0.1) is 0 Å². The molecule has 0 aliphatic heterocycles. The molecule has 2 aromatic carbocycles. The molecular formula is C25H26N4O3S. The van der Waals surface area contributed by atoms with Crippen LogP contribution in [0.3, 0.4) is 0 Å². The lowest BCUT2D eigenvalue weighted by atomic mass is 10.0. The highest BCUT2D eigenvalue weighted by molar-refractivity contribution is 8.00. The first-order valence-corrected chi connectivity index (χ1v) is 11.5. The van der Waals surface area contributed by atoms with Gasteiger partial charge in [-0.3, -0.25) is 4.79 Å². The molecule has 7 nitrogen and oxygen atoms in total. The van der Waals surface area contributed by atoms with Gasteiger partial charge in [0.05, 0.1) is 30.7 Å². The third kappa shape index (κ3) is 6.31. The molecule has 0 atom stereocenters. The molecule has 0 fully saturated rings. The maximum atomic E-state index is 12.4. The molecule has 3 aromatic rings. The van der Waals surface area contributed by atoms with Gasteiger partial charge in [0.25, 0.3) is 0 Å². The van der Waals surface area contributed by atoms with Crippen LogP contribution in [0.1, 0.15) is 35.7 Å². The van der Waals surface area contributed by atoms with Gasteiger partial charge in [-0.2, -0.15) is 10.4 Å². The SMILES string of the molecule is CCCOc1ccc2ccccc2c1/C=N/NC(=O)CSc1nc(C)cc(COC)c1C#N. The average molecular weight is 463 g/mol. The van der Waals surface area contributed by atoms with E-state index in [4.69, 9.17) is 9.47 Å². The Bertz CT molecular complexity index is 1200. The summed E-state index contributed by atoms with van der Waals surface area (Å²) < 4.78 is 11.0. The summed E-state index contributed by atoms with van der Waals surface area (Å²) in [7, 11) is 1.57. The lowest BCUT2D eigenvalue weighted by Gasteiger charge is -2.11. The number of methoxy groups -OCH3 is 1. The number of carbonyl (C=O) groups is 1. The van der Waals surface area contributed by atoms with E-state index in [1.54, 1.807) is 13.3 Å². The Morgan fingerprint density at radius 1 is 1.30 bits per heavy atom. The number of benzene rings is 2. The van der Waals surface area contributed by atoms with E-state index in [1.807, 2.05) is 56.3 Å². The third-order valence-electron chi connectivity index (χ3n) is 4.72. The molecule has 1 heterocycles. The van der Waals surface area contributed by atoms with Crippen LogP contribution < -0.4 is 10.2 Å². The van der Waals surface area contributed by atoms with Gasteiger partial charge in [0.2, 0.25) is 5.91 Å². The Kier molecular flexibility index (Phi) is 8.81. The second-order valence-electron chi connectivity index (χ2n) is 7.28. The zero-order valence-electron chi connectivity index (χ0n) is 18.9. The number of nitriles is 1. The number of fused-ring (bicyclic) bond motifs is 1. The van der Waals surface area contributed by atoms with E-state index in [0.717, 1.165) is 39.8 Å². The van der Waals surface area contributed by atoms with Crippen molar-refractivity contribution >= 4 is 34.7 Å². The van der Waals surface area contributed by atoms with Crippen LogP contribution in [-0.4, -0.2) is 36.6 Å². The van der Waals surface area contributed by atoms with Crippen molar-refractivity contribution in [2.24, 2.45) is 5.10 Å². The van der Waals surface area contributed by atoms with Crippen LogP contribution in [0.15, 0.2) is 52.6 Å². The smallest absolute Gasteiger partial charge is 0.250 e. The fourth-order valence-corrected chi connectivity index (χ4v) is 4.15. The lowest BCUT2D eigenvalue weighted by Crippen LogP contribution is -2.20. The molecule has 0 radical (unpaired) electrons. The molecule has 0 saturated carbocycles. The third-order valence-corrected chi connectivity index (χ3v) is 5.70. The van der Waals surface area contributed by atoms with E-state index in [2.05, 4.69) is 21.6 Å². The maximum absolute atomic E-state index is 12.4. The monoisotopic (exact) mass is 462 g/mol. The number of ether oxygens (including phenoxy) is 2. The van der Waals surface area contributed by atoms with Crippen LogP contribution >= 0.6 is 11.8 Å². The molecule has 3 rings (SSSR count). The van der Waals surface area contributed by atoms with Crippen molar-refractivity contribution < 1.29 is 14.3 Å². The lowest BCUT2D eigenvalue weighted by molar-refractivity contribution is -0.118. The normalized spacial score (nSPS) is 11.0. The number of amides is 1. The quantitative estimate of drug-likeness (QED) is 0.269. The van der Waals surface area contributed by atoms with Crippen LogP contribution in [0.4, 0.5) is 0 Å². The molecule has 0 bridgehead atoms. The van der Waals surface area contributed by atoms with Gasteiger partial charge in [0.1, 0.15) is 16.8 Å². The maximum Gasteiger partial charge on any atom is 0.250 e. The van der Waals surface area contributed by atoms with Crippen molar-refractivity contribution in [2.45, 2.75) is 31.9 Å². The summed E-state index contributed by atoms with van der Waals surface area (Å²) in [6, 6.07) is 15.9. The Hall–Kier alpha value is -3.41. The zero-order chi connectivity index (χ0) is 23.6. The van der Waals surface area contributed by atoms with Crippen LogP contribution in [0.25, 0.3) is 10.8 Å². The van der Waals surface area contributed by atoms with Gasteiger partial charge in [-0.25, -0.2) is 10.4 Å². The summed E-state index contributed by atoms with van der Waals surface area (Å²) in [6.07, 6.45) is 2.50. The molecule has 1 N–H and O–H groups in total. The van der Waals surface area contributed by atoms with Gasteiger partial charge in [0.15, 0.2) is 0 Å². The van der Waals surface area contributed by atoms with Crippen LogP contribution in [0.5, 0.6) is 5.75 Å². The number of hydrazone groups is 1. The fraction of sp³-hybridized carbons (Fsp3) is 0.280. The molecule has 0 unspecified atom stereocenters. The number of hydrogen-bond donors (Lipinski definition) is 1. The summed E-state index contributed by atoms with van der Waals surface area (Å²) in [5.41, 5.74) is 5.31. The molecule has 0 aliphatic rings. The Morgan fingerprint density at radius 2 is 2.12 bits per heavy atom. The minimum atomic E-state index is -0.298. The summed E-state index contributed by atoms with van der Waals surface area (Å²) in [5, 5.41) is 16.2. The molecule has 1 amide bonds. The first kappa shape index (κ1) is 24.2. The van der Waals surface area contributed by atoms with Crippen molar-refractivity contribution in [1.29, 1.82) is 5.26 Å². The van der Waals surface area contributed by atoms with E-state index in [1.165, 1.54) is 11.8 Å². The number of thioether (sulfide) groups is 1. The highest BCUT2D eigenvalue weighted by Gasteiger charge is 2.14. The molecular weight excluding hydrogens is 436 g/mol. The molecule has 0 saturated heterocycles. The highest BCUT2D eigenvalue weighted by Crippen LogP contribution is 2.27. The van der Waals surface area contributed by atoms with E-state index in [9.17, 15) is 10.1 Å². The fourth-order valence-electron chi connectivity index (χ4n) is 3.29. The summed E-state index contributed by atoms with van der Waals surface area (Å²) >= 11 is 1.20. The van der Waals surface area contributed by atoms with E-state index < -0.39 is 0 Å². The first-order valence-electron chi connectivity index (χ1n) is 10.6. The number of carbonyl (C=O) groups excluding carboxylic acids is 1. The number of nitrogens with one attached hydrogen (secondary N) is 1. The average Bonchev–Trinajstić information content (AvgIpc) is 2.82. The first-order chi connectivity index (χ1) is 16.1. The Labute approximate surface area is 197 Å². The van der Waals surface area contributed by atoms with E-state index in [0.29, 0.717) is 23.8 Å². The van der Waals surface area contributed by atoms with Crippen LogP contribution in [-0.2, 0) is 16.1 Å². The van der Waals surface area contributed by atoms with Crippen LogP contribution in [0.2, 0.25) is 0 Å². The Morgan fingerprint density at radius 3 is 2.88 bits per heavy atom. The number of aryl methyl sites for hydroxylation is 1. The summed E-state index contributed by atoms with van der Waals surface area (Å²) in [4.78, 5) is 16.8. The molecule has 170 valence electrons. The van der Waals surface area contributed by atoms with Gasteiger partial charge < -0.3 is 9.47 Å². The summed E-state index contributed by atoms with van der Waals surface area (Å²) in [6.45, 7) is 4.80.